The fraction of sp³-hybridized carbons (Fsp3) is 0.350. The molecule has 0 heterocycles. The van der Waals surface area contributed by atoms with E-state index in [1.807, 2.05) is 13.8 Å². The third kappa shape index (κ3) is 6.47. The molecule has 2 aromatic rings. The first kappa shape index (κ1) is 25.2. The highest BCUT2D eigenvalue weighted by molar-refractivity contribution is 6.32. The van der Waals surface area contributed by atoms with Crippen LogP contribution in [0.1, 0.15) is 19.4 Å². The predicted octanol–water partition coefficient (Wildman–Crippen LogP) is 5.63. The van der Waals surface area contributed by atoms with E-state index in [0.717, 1.165) is 17.2 Å². The Morgan fingerprint density at radius 2 is 1.91 bits per heavy atom. The van der Waals surface area contributed by atoms with Crippen molar-refractivity contribution in [3.63, 3.8) is 0 Å². The van der Waals surface area contributed by atoms with Gasteiger partial charge in [0.15, 0.2) is 0 Å². The molecule has 0 saturated heterocycles. The molecule has 174 valence electrons. The van der Waals surface area contributed by atoms with E-state index in [1.165, 1.54) is 25.3 Å². The van der Waals surface area contributed by atoms with E-state index in [4.69, 9.17) is 25.9 Å². The number of ether oxygens (including phenoxy) is 2. The lowest BCUT2D eigenvalue weighted by Crippen LogP contribution is -2.31. The monoisotopic (exact) mass is 476 g/mol. The lowest BCUT2D eigenvalue weighted by atomic mass is 10.2. The van der Waals surface area contributed by atoms with Gasteiger partial charge >= 0.3 is 17.8 Å². The van der Waals surface area contributed by atoms with Crippen LogP contribution in [0.2, 0.25) is 5.02 Å². The van der Waals surface area contributed by atoms with Crippen molar-refractivity contribution in [2.45, 2.75) is 20.0 Å². The third-order valence-corrected chi connectivity index (χ3v) is 4.27. The number of carbonyl (C=O) groups is 1. The summed E-state index contributed by atoms with van der Waals surface area (Å²) in [4.78, 5) is 28.2. The van der Waals surface area contributed by atoms with Crippen LogP contribution in [0.4, 0.5) is 24.5 Å². The molecule has 0 radical (unpaired) electrons. The number of nitrogens with zero attached hydrogens (tertiary/aromatic N) is 2. The standard InChI is InChI=1S/C20H20ClF3N2O6/c1-12(2)11-31-18(27)10-25(30-3)15-5-4-6-17(19(15)26(28)29)32-16-8-7-13(9-14(16)21)20(22,23)24/h4-9,12H,10-11H2,1-3H3. The van der Waals surface area contributed by atoms with Crippen molar-refractivity contribution in [1.82, 2.24) is 0 Å². The average molecular weight is 477 g/mol. The normalized spacial score (nSPS) is 11.4. The van der Waals surface area contributed by atoms with Crippen LogP contribution >= 0.6 is 11.6 Å². The Balaban J connectivity index is 2.37. The van der Waals surface area contributed by atoms with E-state index < -0.39 is 34.9 Å². The minimum Gasteiger partial charge on any atom is -0.464 e. The van der Waals surface area contributed by atoms with E-state index in [2.05, 4.69) is 0 Å². The number of rotatable bonds is 9. The van der Waals surface area contributed by atoms with Crippen molar-refractivity contribution in [1.29, 1.82) is 0 Å². The summed E-state index contributed by atoms with van der Waals surface area (Å²) >= 11 is 5.88. The van der Waals surface area contributed by atoms with Crippen LogP contribution in [0.3, 0.4) is 0 Å². The van der Waals surface area contributed by atoms with Gasteiger partial charge in [0.25, 0.3) is 0 Å². The number of benzene rings is 2. The molecular weight excluding hydrogens is 457 g/mol. The molecular formula is C20H20ClF3N2O6. The number of halogens is 4. The second kappa shape index (κ2) is 10.5. The lowest BCUT2D eigenvalue weighted by molar-refractivity contribution is -0.385. The summed E-state index contributed by atoms with van der Waals surface area (Å²) in [6.45, 7) is 3.40. The number of hydroxylamine groups is 1. The SMILES string of the molecule is CON(CC(=O)OCC(C)C)c1cccc(Oc2ccc(C(F)(F)F)cc2Cl)c1[N+](=O)[O-]. The molecule has 0 N–H and O–H groups in total. The van der Waals surface area contributed by atoms with Crippen LogP contribution in [-0.2, 0) is 20.5 Å². The Bertz CT molecular complexity index is 984. The Morgan fingerprint density at radius 3 is 2.44 bits per heavy atom. The van der Waals surface area contributed by atoms with Crippen LogP contribution in [0.15, 0.2) is 36.4 Å². The first-order chi connectivity index (χ1) is 14.9. The van der Waals surface area contributed by atoms with Crippen LogP contribution in [-0.4, -0.2) is 31.2 Å². The van der Waals surface area contributed by atoms with Gasteiger partial charge in [0.1, 0.15) is 18.0 Å². The largest absolute Gasteiger partial charge is 0.464 e. The molecule has 12 heteroatoms. The number of carbonyl (C=O) groups excluding carboxylic acids is 1. The Hall–Kier alpha value is -3.05. The minimum atomic E-state index is -4.61. The summed E-state index contributed by atoms with van der Waals surface area (Å²) in [5.74, 6) is -1.12. The number of para-hydroxylation sites is 1. The third-order valence-electron chi connectivity index (χ3n) is 3.98. The van der Waals surface area contributed by atoms with Crippen molar-refractivity contribution in [2.75, 3.05) is 25.3 Å². The van der Waals surface area contributed by atoms with Crippen LogP contribution in [0, 0.1) is 16.0 Å². The van der Waals surface area contributed by atoms with E-state index in [9.17, 15) is 28.1 Å². The van der Waals surface area contributed by atoms with Gasteiger partial charge in [-0.05, 0) is 36.2 Å². The summed E-state index contributed by atoms with van der Waals surface area (Å²) < 4.78 is 49.0. The highest BCUT2D eigenvalue weighted by Crippen LogP contribution is 2.42. The molecule has 0 aliphatic rings. The Kier molecular flexibility index (Phi) is 8.28. The first-order valence-electron chi connectivity index (χ1n) is 9.23. The van der Waals surface area contributed by atoms with Gasteiger partial charge < -0.3 is 9.47 Å². The number of hydrogen-bond acceptors (Lipinski definition) is 7. The fourth-order valence-electron chi connectivity index (χ4n) is 2.53. The zero-order valence-electron chi connectivity index (χ0n) is 17.3. The molecule has 2 aromatic carbocycles. The zero-order valence-corrected chi connectivity index (χ0v) is 18.1. The topological polar surface area (TPSA) is 91.1 Å². The van der Waals surface area contributed by atoms with Crippen molar-refractivity contribution in [3.05, 3.63) is 57.1 Å². The van der Waals surface area contributed by atoms with E-state index in [0.29, 0.717) is 6.07 Å². The molecule has 0 aliphatic heterocycles. The number of nitro benzene ring substituents is 1. The number of hydrogen-bond donors (Lipinski definition) is 0. The molecule has 0 saturated carbocycles. The first-order valence-corrected chi connectivity index (χ1v) is 9.61. The van der Waals surface area contributed by atoms with Gasteiger partial charge in [-0.1, -0.05) is 31.5 Å². The van der Waals surface area contributed by atoms with E-state index in [1.54, 1.807) is 0 Å². The highest BCUT2D eigenvalue weighted by Gasteiger charge is 2.32. The summed E-state index contributed by atoms with van der Waals surface area (Å²) in [5.41, 5.74) is -1.70. The molecule has 0 aromatic heterocycles. The van der Waals surface area contributed by atoms with Gasteiger partial charge in [-0.3, -0.25) is 19.7 Å². The van der Waals surface area contributed by atoms with Gasteiger partial charge in [0.05, 0.1) is 29.2 Å². The van der Waals surface area contributed by atoms with Gasteiger partial charge in [-0.2, -0.15) is 13.2 Å². The summed E-state index contributed by atoms with van der Waals surface area (Å²) in [5, 5.41) is 12.3. The lowest BCUT2D eigenvalue weighted by Gasteiger charge is -2.21. The Labute approximate surface area is 186 Å². The van der Waals surface area contributed by atoms with Gasteiger partial charge in [0, 0.05) is 0 Å². The molecule has 0 unspecified atom stereocenters. The smallest absolute Gasteiger partial charge is 0.416 e. The summed E-state index contributed by atoms with van der Waals surface area (Å²) in [6.07, 6.45) is -4.61. The number of nitro groups is 1. The number of esters is 1. The molecule has 0 amide bonds. The second-order valence-electron chi connectivity index (χ2n) is 6.92. The van der Waals surface area contributed by atoms with Crippen molar-refractivity contribution < 1.29 is 37.2 Å². The minimum absolute atomic E-state index is 0.0921. The maximum absolute atomic E-state index is 12.8. The maximum Gasteiger partial charge on any atom is 0.416 e. The molecule has 0 aliphatic carbocycles. The summed E-state index contributed by atoms with van der Waals surface area (Å²) in [7, 11) is 1.21. The highest BCUT2D eigenvalue weighted by atomic mass is 35.5. The average Bonchev–Trinajstić information content (AvgIpc) is 2.70. The predicted molar refractivity (Wildman–Crippen MR) is 110 cm³/mol. The van der Waals surface area contributed by atoms with Gasteiger partial charge in [0.2, 0.25) is 5.75 Å². The molecule has 0 spiro atoms. The molecule has 0 atom stereocenters. The Morgan fingerprint density at radius 1 is 1.22 bits per heavy atom. The van der Waals surface area contributed by atoms with E-state index in [-0.39, 0.29) is 34.7 Å². The van der Waals surface area contributed by atoms with Gasteiger partial charge in [-0.15, -0.1) is 0 Å². The van der Waals surface area contributed by atoms with Crippen LogP contribution in [0.5, 0.6) is 11.5 Å². The quantitative estimate of drug-likeness (QED) is 0.263. The molecule has 2 rings (SSSR count). The zero-order chi connectivity index (χ0) is 24.1. The van der Waals surface area contributed by atoms with Crippen molar-refractivity contribution >= 4 is 28.9 Å². The molecule has 32 heavy (non-hydrogen) atoms. The molecule has 8 nitrogen and oxygen atoms in total. The second-order valence-corrected chi connectivity index (χ2v) is 7.33. The fourth-order valence-corrected chi connectivity index (χ4v) is 2.75. The summed E-state index contributed by atoms with van der Waals surface area (Å²) in [6, 6.07) is 6.29. The molecule has 0 bridgehead atoms. The maximum atomic E-state index is 12.8. The number of alkyl halides is 3. The van der Waals surface area contributed by atoms with Crippen LogP contribution < -0.4 is 9.80 Å². The van der Waals surface area contributed by atoms with Crippen molar-refractivity contribution in [3.8, 4) is 11.5 Å². The molecule has 0 fully saturated rings. The van der Waals surface area contributed by atoms with Crippen LogP contribution in [0.25, 0.3) is 0 Å². The van der Waals surface area contributed by atoms with Crippen molar-refractivity contribution in [2.24, 2.45) is 5.92 Å². The van der Waals surface area contributed by atoms with E-state index >= 15 is 0 Å². The number of anilines is 1. The van der Waals surface area contributed by atoms with Gasteiger partial charge in [-0.25, -0.2) is 5.06 Å².